The van der Waals surface area contributed by atoms with Crippen molar-refractivity contribution in [3.63, 3.8) is 0 Å². The fourth-order valence-corrected chi connectivity index (χ4v) is 0. The Morgan fingerprint density at radius 3 is 1.00 bits per heavy atom. The minimum atomic E-state index is 0. The van der Waals surface area contributed by atoms with E-state index in [1.807, 2.05) is 26.0 Å². The maximum Gasteiger partial charge on any atom is 4.00 e. The van der Waals surface area contributed by atoms with Crippen molar-refractivity contribution in [3.05, 3.63) is 0 Å². The Hall–Kier alpha value is 1.05. The van der Waals surface area contributed by atoms with E-state index < -0.39 is 0 Å². The van der Waals surface area contributed by atoms with E-state index >= 15 is 0 Å². The first-order valence-corrected chi connectivity index (χ1v) is 1.34. The molecule has 0 aliphatic heterocycles. The summed E-state index contributed by atoms with van der Waals surface area (Å²) in [5.41, 5.74) is 0. The third-order valence-corrected chi connectivity index (χ3v) is 0. The zero-order valence-corrected chi connectivity index (χ0v) is 8.14. The molecule has 0 N–H and O–H groups in total. The van der Waals surface area contributed by atoms with Crippen molar-refractivity contribution in [2.45, 2.75) is 0 Å². The van der Waals surface area contributed by atoms with Crippen LogP contribution in [0.1, 0.15) is 0 Å². The molecule has 0 radical (unpaired) electrons. The molecule has 0 unspecified atom stereocenters. The number of hydrogen-bond donors (Lipinski definition) is 0. The zero-order valence-electron chi connectivity index (χ0n) is 4.39. The van der Waals surface area contributed by atoms with Crippen molar-refractivity contribution in [2.75, 3.05) is 21.1 Å². The number of halogens is 1. The van der Waals surface area contributed by atoms with Crippen LogP contribution in [0.4, 0.5) is 0 Å². The number of rotatable bonds is 0. The standard InChI is InChI=1S/C3H9N.ClH2.Sn/c1-4(2)3;;/h1-3H3;1H2;/q;+1;+4. The molecule has 0 fully saturated rings. The first-order valence-electron chi connectivity index (χ1n) is 1.34. The Bertz CT molecular complexity index is 15.5. The van der Waals surface area contributed by atoms with Crippen LogP contribution in [0.15, 0.2) is 0 Å². The summed E-state index contributed by atoms with van der Waals surface area (Å²) in [6.45, 7) is 0. The van der Waals surface area contributed by atoms with Crippen molar-refractivity contribution in [1.82, 2.24) is 4.90 Å². The molecule has 0 bridgehead atoms. The van der Waals surface area contributed by atoms with Crippen LogP contribution in [0.2, 0.25) is 0 Å². The molecule has 0 amide bonds. The van der Waals surface area contributed by atoms with Crippen LogP contribution >= 0.6 is 0 Å². The molecule has 0 atom stereocenters. The Labute approximate surface area is 62.5 Å². The predicted molar refractivity (Wildman–Crippen MR) is 28.2 cm³/mol. The van der Waals surface area contributed by atoms with Crippen LogP contribution in [0, 0.1) is 12.4 Å². The maximum absolute atomic E-state index is 2.00. The van der Waals surface area contributed by atoms with Crippen LogP contribution < -0.4 is 0 Å². The van der Waals surface area contributed by atoms with Gasteiger partial charge in [0.25, 0.3) is 0 Å². The topological polar surface area (TPSA) is 3.24 Å². The van der Waals surface area contributed by atoms with Gasteiger partial charge in [-0.15, -0.1) is 0 Å². The Balaban J connectivity index is -0.0000000450. The van der Waals surface area contributed by atoms with Gasteiger partial charge >= 0.3 is 23.9 Å². The molecule has 0 spiro atoms. The van der Waals surface area contributed by atoms with E-state index in [0.29, 0.717) is 0 Å². The molecule has 34 valence electrons. The molecule has 6 heavy (non-hydrogen) atoms. The summed E-state index contributed by atoms with van der Waals surface area (Å²) in [6, 6.07) is 0. The Morgan fingerprint density at radius 1 is 1.00 bits per heavy atom. The summed E-state index contributed by atoms with van der Waals surface area (Å²) in [4.78, 5) is 2.00. The van der Waals surface area contributed by atoms with E-state index in [9.17, 15) is 0 Å². The van der Waals surface area contributed by atoms with Gasteiger partial charge in [-0.3, -0.25) is 0 Å². The largest absolute Gasteiger partial charge is 4.00 e. The van der Waals surface area contributed by atoms with Gasteiger partial charge in [-0.1, -0.05) is 0 Å². The second-order valence-electron chi connectivity index (χ2n) is 1.34. The van der Waals surface area contributed by atoms with Crippen molar-refractivity contribution in [1.29, 1.82) is 0 Å². The second-order valence-corrected chi connectivity index (χ2v) is 1.34. The van der Waals surface area contributed by atoms with Crippen molar-refractivity contribution >= 4 is 23.9 Å². The normalized spacial score (nSPS) is 6.00. The van der Waals surface area contributed by atoms with Gasteiger partial charge in [-0.05, 0) is 21.1 Å². The van der Waals surface area contributed by atoms with E-state index in [-0.39, 0.29) is 36.3 Å². The SMILES string of the molecule is CN(C)C.[ClH2+].[Sn+4]. The van der Waals surface area contributed by atoms with Crippen molar-refractivity contribution in [2.24, 2.45) is 0 Å². The maximum atomic E-state index is 2.00. The van der Waals surface area contributed by atoms with E-state index in [1.165, 1.54) is 0 Å². The first kappa shape index (κ1) is 15.7. The van der Waals surface area contributed by atoms with E-state index in [1.54, 1.807) is 0 Å². The monoisotopic (exact) mass is 216 g/mol. The van der Waals surface area contributed by atoms with E-state index in [0.717, 1.165) is 0 Å². The molecule has 3 heteroatoms. The summed E-state index contributed by atoms with van der Waals surface area (Å²) >= 11 is 0. The average molecular weight is 215 g/mol. The summed E-state index contributed by atoms with van der Waals surface area (Å²) < 4.78 is 0. The minimum absolute atomic E-state index is 0. The zero-order chi connectivity index (χ0) is 3.58. The molecule has 0 aromatic carbocycles. The summed E-state index contributed by atoms with van der Waals surface area (Å²) in [6.07, 6.45) is 0. The third-order valence-electron chi connectivity index (χ3n) is 0. The molecule has 0 rings (SSSR count). The van der Waals surface area contributed by atoms with E-state index in [4.69, 9.17) is 0 Å². The smallest absolute Gasteiger partial charge is 0.312 e. The molecule has 0 aromatic heterocycles. The van der Waals surface area contributed by atoms with Gasteiger partial charge in [0.05, 0.1) is 12.4 Å². The van der Waals surface area contributed by atoms with Gasteiger partial charge < -0.3 is 4.90 Å². The van der Waals surface area contributed by atoms with Crippen LogP contribution in [0.25, 0.3) is 0 Å². The predicted octanol–water partition coefficient (Wildman–Crippen LogP) is -0.738. The van der Waals surface area contributed by atoms with Gasteiger partial charge in [0, 0.05) is 0 Å². The summed E-state index contributed by atoms with van der Waals surface area (Å²) in [5.74, 6) is 0. The van der Waals surface area contributed by atoms with Gasteiger partial charge in [0.15, 0.2) is 0 Å². The average Bonchev–Trinajstić information content (AvgIpc) is 0.811. The Morgan fingerprint density at radius 2 is 1.00 bits per heavy atom. The molecular weight excluding hydrogens is 204 g/mol. The Kier molecular flexibility index (Phi) is 24.7. The van der Waals surface area contributed by atoms with Crippen LogP contribution in [-0.4, -0.2) is 50.0 Å². The van der Waals surface area contributed by atoms with Gasteiger partial charge in [-0.2, -0.15) is 0 Å². The molecular formula is C3H11ClNSn+5. The van der Waals surface area contributed by atoms with Crippen LogP contribution in [-0.2, 0) is 0 Å². The van der Waals surface area contributed by atoms with E-state index in [2.05, 4.69) is 0 Å². The first-order chi connectivity index (χ1) is 1.73. The summed E-state index contributed by atoms with van der Waals surface area (Å²) in [7, 11) is 6.00. The molecule has 0 saturated heterocycles. The quantitative estimate of drug-likeness (QED) is 0.481. The van der Waals surface area contributed by atoms with Crippen LogP contribution in [0.5, 0.6) is 0 Å². The molecule has 0 saturated carbocycles. The van der Waals surface area contributed by atoms with Crippen molar-refractivity contribution < 1.29 is 12.4 Å². The molecule has 0 aromatic rings. The number of nitrogens with zero attached hydrogens (tertiary/aromatic N) is 1. The molecule has 0 heterocycles. The van der Waals surface area contributed by atoms with Gasteiger partial charge in [0.2, 0.25) is 0 Å². The third kappa shape index (κ3) is 75.3. The molecule has 0 aliphatic carbocycles. The van der Waals surface area contributed by atoms with Gasteiger partial charge in [-0.25, -0.2) is 0 Å². The van der Waals surface area contributed by atoms with Crippen LogP contribution in [0.3, 0.4) is 0 Å². The fraction of sp³-hybridized carbons (Fsp3) is 1.00. The van der Waals surface area contributed by atoms with Crippen molar-refractivity contribution in [3.8, 4) is 0 Å². The number of hydrogen-bond acceptors (Lipinski definition) is 1. The fourth-order valence-electron chi connectivity index (χ4n) is 0. The van der Waals surface area contributed by atoms with Gasteiger partial charge in [0.1, 0.15) is 0 Å². The second kappa shape index (κ2) is 9.41. The summed E-state index contributed by atoms with van der Waals surface area (Å²) in [5, 5.41) is 0. The minimum Gasteiger partial charge on any atom is -0.312 e. The molecule has 0 aliphatic rings. The molecule has 1 nitrogen and oxygen atoms in total.